The Morgan fingerprint density at radius 1 is 0.654 bits per heavy atom. The third kappa shape index (κ3) is 3.43. The summed E-state index contributed by atoms with van der Waals surface area (Å²) in [4.78, 5) is 23.8. The molecule has 0 saturated carbocycles. The molecule has 1 saturated heterocycles. The molecule has 4 rings (SSSR count). The summed E-state index contributed by atoms with van der Waals surface area (Å²) in [6.45, 7) is 0. The Labute approximate surface area is 155 Å². The molecule has 126 valence electrons. The van der Waals surface area contributed by atoms with Gasteiger partial charge in [-0.3, -0.25) is 9.69 Å². The number of hydrogen-bond acceptors (Lipinski definition) is 4. The lowest BCUT2D eigenvalue weighted by molar-refractivity contribution is -0.111. The zero-order valence-corrected chi connectivity index (χ0v) is 14.6. The number of amidine groups is 1. The van der Waals surface area contributed by atoms with Crippen LogP contribution in [-0.4, -0.2) is 16.1 Å². The number of rotatable bonds is 3. The van der Waals surface area contributed by atoms with E-state index in [9.17, 15) is 4.79 Å². The summed E-state index contributed by atoms with van der Waals surface area (Å²) >= 11 is 1.29. The number of carbonyl (C=O) groups excluding carboxylic acids is 1. The lowest BCUT2D eigenvalue weighted by Crippen LogP contribution is -2.30. The molecule has 0 N–H and O–H groups in total. The van der Waals surface area contributed by atoms with E-state index in [0.29, 0.717) is 10.2 Å². The fourth-order valence-electron chi connectivity index (χ4n) is 2.54. The van der Waals surface area contributed by atoms with Gasteiger partial charge in [-0.15, -0.1) is 0 Å². The first-order valence-electron chi connectivity index (χ1n) is 8.16. The van der Waals surface area contributed by atoms with Crippen LogP contribution in [0.3, 0.4) is 0 Å². The Morgan fingerprint density at radius 3 is 1.73 bits per heavy atom. The van der Waals surface area contributed by atoms with Crippen molar-refractivity contribution in [1.82, 2.24) is 0 Å². The van der Waals surface area contributed by atoms with Gasteiger partial charge in [-0.1, -0.05) is 54.6 Å². The maximum absolute atomic E-state index is 13.0. The van der Waals surface area contributed by atoms with Crippen LogP contribution >= 0.6 is 11.8 Å². The third-order valence-corrected chi connectivity index (χ3v) is 4.66. The van der Waals surface area contributed by atoms with E-state index in [2.05, 4.69) is 9.98 Å². The van der Waals surface area contributed by atoms with E-state index in [4.69, 9.17) is 0 Å². The minimum absolute atomic E-state index is 0.167. The Morgan fingerprint density at radius 2 is 1.15 bits per heavy atom. The van der Waals surface area contributed by atoms with E-state index in [-0.39, 0.29) is 5.91 Å². The molecular formula is C21H15N3OS. The van der Waals surface area contributed by atoms with Crippen LogP contribution in [0.1, 0.15) is 0 Å². The van der Waals surface area contributed by atoms with Gasteiger partial charge in [-0.2, -0.15) is 0 Å². The van der Waals surface area contributed by atoms with E-state index < -0.39 is 0 Å². The summed E-state index contributed by atoms with van der Waals surface area (Å²) in [5, 5.41) is 1.01. The highest BCUT2D eigenvalue weighted by Crippen LogP contribution is 2.32. The summed E-state index contributed by atoms with van der Waals surface area (Å²) < 4.78 is 0. The smallest absolute Gasteiger partial charge is 0.266 e. The number of carbonyl (C=O) groups is 1. The Balaban J connectivity index is 1.77. The minimum atomic E-state index is -0.167. The molecule has 1 aliphatic heterocycles. The number of thioether (sulfide) groups is 1. The van der Waals surface area contributed by atoms with Gasteiger partial charge >= 0.3 is 0 Å². The normalized spacial score (nSPS) is 17.2. The van der Waals surface area contributed by atoms with Crippen LogP contribution < -0.4 is 4.90 Å². The van der Waals surface area contributed by atoms with Crippen molar-refractivity contribution in [2.45, 2.75) is 0 Å². The highest BCUT2D eigenvalue weighted by molar-refractivity contribution is 8.29. The maximum atomic E-state index is 13.0. The summed E-state index contributed by atoms with van der Waals surface area (Å²) in [6, 6.07) is 28.6. The Hall–Kier alpha value is -3.18. The minimum Gasteiger partial charge on any atom is -0.266 e. The molecule has 5 heteroatoms. The molecule has 3 aromatic rings. The van der Waals surface area contributed by atoms with Crippen LogP contribution in [0.2, 0.25) is 0 Å². The second-order valence-electron chi connectivity index (χ2n) is 5.56. The molecule has 4 nitrogen and oxygen atoms in total. The highest BCUT2D eigenvalue weighted by Gasteiger charge is 2.36. The SMILES string of the molecule is O=C1C(=Nc2ccccc2)SC(=Nc2ccccc2)N1c1ccccc1. The lowest BCUT2D eigenvalue weighted by atomic mass is 10.3. The average molecular weight is 357 g/mol. The van der Waals surface area contributed by atoms with Gasteiger partial charge in [0.1, 0.15) is 0 Å². The van der Waals surface area contributed by atoms with Crippen LogP contribution in [0.5, 0.6) is 0 Å². The van der Waals surface area contributed by atoms with Crippen LogP contribution in [0.25, 0.3) is 0 Å². The van der Waals surface area contributed by atoms with Crippen molar-refractivity contribution in [3.05, 3.63) is 91.0 Å². The van der Waals surface area contributed by atoms with Crippen molar-refractivity contribution in [3.8, 4) is 0 Å². The summed E-state index contributed by atoms with van der Waals surface area (Å²) in [7, 11) is 0. The summed E-state index contributed by atoms with van der Waals surface area (Å²) in [5.74, 6) is -0.167. The summed E-state index contributed by atoms with van der Waals surface area (Å²) in [6.07, 6.45) is 0. The molecule has 0 aliphatic carbocycles. The predicted octanol–water partition coefficient (Wildman–Crippen LogP) is 5.18. The van der Waals surface area contributed by atoms with Crippen molar-refractivity contribution in [2.24, 2.45) is 9.98 Å². The lowest BCUT2D eigenvalue weighted by Gasteiger charge is -2.15. The predicted molar refractivity (Wildman–Crippen MR) is 109 cm³/mol. The topological polar surface area (TPSA) is 45.0 Å². The van der Waals surface area contributed by atoms with E-state index >= 15 is 0 Å². The van der Waals surface area contributed by atoms with Gasteiger partial charge in [-0.25, -0.2) is 9.98 Å². The number of amides is 1. The highest BCUT2D eigenvalue weighted by atomic mass is 32.2. The first kappa shape index (κ1) is 16.3. The van der Waals surface area contributed by atoms with Gasteiger partial charge in [0.25, 0.3) is 5.91 Å². The molecule has 1 heterocycles. The number of para-hydroxylation sites is 3. The number of aliphatic imine (C=N–C) groups is 2. The molecule has 0 bridgehead atoms. The second kappa shape index (κ2) is 7.37. The molecule has 1 aliphatic rings. The van der Waals surface area contributed by atoms with Gasteiger partial charge in [0.15, 0.2) is 10.2 Å². The van der Waals surface area contributed by atoms with Gasteiger partial charge in [-0.05, 0) is 48.2 Å². The molecule has 26 heavy (non-hydrogen) atoms. The molecule has 0 aromatic heterocycles. The first-order chi connectivity index (χ1) is 12.8. The monoisotopic (exact) mass is 357 g/mol. The van der Waals surface area contributed by atoms with Crippen LogP contribution in [0.4, 0.5) is 17.1 Å². The van der Waals surface area contributed by atoms with E-state index in [1.807, 2.05) is 91.0 Å². The van der Waals surface area contributed by atoms with Crippen LogP contribution in [-0.2, 0) is 4.79 Å². The Bertz CT molecular complexity index is 970. The molecule has 0 radical (unpaired) electrons. The molecule has 1 amide bonds. The molecular weight excluding hydrogens is 342 g/mol. The summed E-state index contributed by atoms with van der Waals surface area (Å²) in [5.41, 5.74) is 2.32. The van der Waals surface area contributed by atoms with E-state index in [1.54, 1.807) is 4.90 Å². The number of hydrogen-bond donors (Lipinski definition) is 0. The maximum Gasteiger partial charge on any atom is 0.290 e. The first-order valence-corrected chi connectivity index (χ1v) is 8.98. The molecule has 0 atom stereocenters. The Kier molecular flexibility index (Phi) is 4.62. The largest absolute Gasteiger partial charge is 0.290 e. The van der Waals surface area contributed by atoms with Gasteiger partial charge in [0.2, 0.25) is 0 Å². The quantitative estimate of drug-likeness (QED) is 0.648. The van der Waals surface area contributed by atoms with Gasteiger partial charge in [0, 0.05) is 0 Å². The second-order valence-corrected chi connectivity index (χ2v) is 6.52. The standard InChI is InChI=1S/C21H15N3OS/c25-20-19(22-16-10-4-1-5-11-16)26-21(23-17-12-6-2-7-13-17)24(20)18-14-8-3-9-15-18/h1-15H. The van der Waals surface area contributed by atoms with Crippen molar-refractivity contribution < 1.29 is 4.79 Å². The van der Waals surface area contributed by atoms with Crippen molar-refractivity contribution >= 4 is 44.9 Å². The molecule has 3 aromatic carbocycles. The zero-order valence-electron chi connectivity index (χ0n) is 13.8. The fraction of sp³-hybridized carbons (Fsp3) is 0. The van der Waals surface area contributed by atoms with Gasteiger partial charge < -0.3 is 0 Å². The fourth-order valence-corrected chi connectivity index (χ4v) is 3.47. The van der Waals surface area contributed by atoms with E-state index in [0.717, 1.165) is 17.1 Å². The van der Waals surface area contributed by atoms with Crippen molar-refractivity contribution in [3.63, 3.8) is 0 Å². The van der Waals surface area contributed by atoms with E-state index in [1.165, 1.54) is 11.8 Å². The van der Waals surface area contributed by atoms with Crippen molar-refractivity contribution in [1.29, 1.82) is 0 Å². The molecule has 1 fully saturated rings. The number of nitrogens with zero attached hydrogens (tertiary/aromatic N) is 3. The number of benzene rings is 3. The van der Waals surface area contributed by atoms with Gasteiger partial charge in [0.05, 0.1) is 17.1 Å². The van der Waals surface area contributed by atoms with Crippen LogP contribution in [0, 0.1) is 0 Å². The molecule has 0 unspecified atom stereocenters. The number of anilines is 1. The van der Waals surface area contributed by atoms with Crippen LogP contribution in [0.15, 0.2) is 101 Å². The third-order valence-electron chi connectivity index (χ3n) is 3.75. The average Bonchev–Trinajstić information content (AvgIpc) is 2.99. The zero-order chi connectivity index (χ0) is 17.8. The molecule has 0 spiro atoms. The van der Waals surface area contributed by atoms with Crippen molar-refractivity contribution in [2.75, 3.05) is 4.90 Å².